The molecule has 0 aliphatic carbocycles. The van der Waals surface area contributed by atoms with Gasteiger partial charge in [0.05, 0.1) is 12.3 Å². The van der Waals surface area contributed by atoms with E-state index < -0.39 is 0 Å². The summed E-state index contributed by atoms with van der Waals surface area (Å²) in [6.45, 7) is 7.65. The molecular weight excluding hydrogens is 302 g/mol. The Morgan fingerprint density at radius 1 is 1.21 bits per heavy atom. The molecule has 1 fully saturated rings. The van der Waals surface area contributed by atoms with E-state index >= 15 is 0 Å². The van der Waals surface area contributed by atoms with Crippen LogP contribution >= 0.6 is 0 Å². The first-order chi connectivity index (χ1) is 11.4. The van der Waals surface area contributed by atoms with Crippen LogP contribution in [-0.4, -0.2) is 25.2 Å². The molecule has 0 saturated carbocycles. The fraction of sp³-hybridized carbons (Fsp3) is 0.350. The summed E-state index contributed by atoms with van der Waals surface area (Å²) in [6, 6.07) is 15.2. The van der Waals surface area contributed by atoms with E-state index in [2.05, 4.69) is 26.1 Å². The first-order valence-corrected chi connectivity index (χ1v) is 8.19. The Bertz CT molecular complexity index is 730. The van der Waals surface area contributed by atoms with Crippen LogP contribution < -0.4 is 10.1 Å². The number of hydrogen-bond acceptors (Lipinski definition) is 3. The molecule has 0 spiro atoms. The van der Waals surface area contributed by atoms with Gasteiger partial charge in [-0.2, -0.15) is 0 Å². The maximum absolute atomic E-state index is 12.6. The SMILES string of the molecule is CC(C)(C)c1cccc(C(=O)Nc2ccccc2OCC2CO2)c1. The van der Waals surface area contributed by atoms with Crippen molar-refractivity contribution in [1.29, 1.82) is 0 Å². The van der Waals surface area contributed by atoms with Crippen LogP contribution in [0.2, 0.25) is 0 Å². The second-order valence-corrected chi connectivity index (χ2v) is 7.05. The van der Waals surface area contributed by atoms with E-state index in [1.54, 1.807) is 0 Å². The summed E-state index contributed by atoms with van der Waals surface area (Å²) in [6.07, 6.45) is 0.178. The fourth-order valence-electron chi connectivity index (χ4n) is 2.36. The van der Waals surface area contributed by atoms with Crippen LogP contribution in [0.4, 0.5) is 5.69 Å². The van der Waals surface area contributed by atoms with Gasteiger partial charge in [0.15, 0.2) is 0 Å². The van der Waals surface area contributed by atoms with Crippen molar-refractivity contribution in [3.63, 3.8) is 0 Å². The number of carbonyl (C=O) groups excluding carboxylic acids is 1. The zero-order valence-corrected chi connectivity index (χ0v) is 14.3. The van der Waals surface area contributed by atoms with Gasteiger partial charge in [0.1, 0.15) is 18.5 Å². The van der Waals surface area contributed by atoms with Crippen molar-refractivity contribution >= 4 is 11.6 Å². The van der Waals surface area contributed by atoms with Crippen LogP contribution in [-0.2, 0) is 10.2 Å². The van der Waals surface area contributed by atoms with E-state index in [1.165, 1.54) is 0 Å². The zero-order chi connectivity index (χ0) is 17.2. The van der Waals surface area contributed by atoms with E-state index in [4.69, 9.17) is 9.47 Å². The number of para-hydroxylation sites is 2. The Labute approximate surface area is 142 Å². The third kappa shape index (κ3) is 4.15. The van der Waals surface area contributed by atoms with Crippen LogP contribution in [0.1, 0.15) is 36.7 Å². The molecule has 0 aromatic heterocycles. The molecule has 1 aliphatic rings. The molecule has 2 aromatic carbocycles. The smallest absolute Gasteiger partial charge is 0.255 e. The van der Waals surface area contributed by atoms with Crippen molar-refractivity contribution in [2.75, 3.05) is 18.5 Å². The lowest BCUT2D eigenvalue weighted by atomic mass is 9.86. The second kappa shape index (κ2) is 6.65. The van der Waals surface area contributed by atoms with Crippen LogP contribution in [0.15, 0.2) is 48.5 Å². The van der Waals surface area contributed by atoms with E-state index in [0.717, 1.165) is 12.2 Å². The van der Waals surface area contributed by atoms with Gasteiger partial charge in [-0.15, -0.1) is 0 Å². The first kappa shape index (κ1) is 16.5. The van der Waals surface area contributed by atoms with Gasteiger partial charge in [0.2, 0.25) is 0 Å². The highest BCUT2D eigenvalue weighted by Crippen LogP contribution is 2.27. The van der Waals surface area contributed by atoms with Crippen LogP contribution in [0.5, 0.6) is 5.75 Å². The highest BCUT2D eigenvalue weighted by atomic mass is 16.6. The van der Waals surface area contributed by atoms with E-state index in [9.17, 15) is 4.79 Å². The number of epoxide rings is 1. The normalized spacial score (nSPS) is 16.5. The topological polar surface area (TPSA) is 50.9 Å². The predicted molar refractivity (Wildman–Crippen MR) is 94.8 cm³/mol. The number of amides is 1. The second-order valence-electron chi connectivity index (χ2n) is 7.05. The summed E-state index contributed by atoms with van der Waals surface area (Å²) >= 11 is 0. The van der Waals surface area contributed by atoms with Gasteiger partial charge in [-0.3, -0.25) is 4.79 Å². The number of benzene rings is 2. The standard InChI is InChI=1S/C20H23NO3/c1-20(2,3)15-8-6-7-14(11-15)19(22)21-17-9-4-5-10-18(17)24-13-16-12-23-16/h4-11,16H,12-13H2,1-3H3,(H,21,22). The molecule has 0 radical (unpaired) electrons. The minimum atomic E-state index is -0.139. The maximum Gasteiger partial charge on any atom is 0.255 e. The number of ether oxygens (including phenoxy) is 2. The van der Waals surface area contributed by atoms with Gasteiger partial charge in [-0.1, -0.05) is 45.0 Å². The van der Waals surface area contributed by atoms with Crippen molar-refractivity contribution in [1.82, 2.24) is 0 Å². The van der Waals surface area contributed by atoms with E-state index in [1.807, 2.05) is 48.5 Å². The van der Waals surface area contributed by atoms with Gasteiger partial charge >= 0.3 is 0 Å². The minimum absolute atomic E-state index is 0.00156. The van der Waals surface area contributed by atoms with Gasteiger partial charge in [0, 0.05) is 5.56 Å². The van der Waals surface area contributed by atoms with Gasteiger partial charge in [-0.25, -0.2) is 0 Å². The molecule has 2 aromatic rings. The number of hydrogen-bond donors (Lipinski definition) is 1. The van der Waals surface area contributed by atoms with Crippen LogP contribution in [0, 0.1) is 0 Å². The summed E-state index contributed by atoms with van der Waals surface area (Å²) in [5.74, 6) is 0.521. The van der Waals surface area contributed by atoms with Gasteiger partial charge in [-0.05, 0) is 35.2 Å². The summed E-state index contributed by atoms with van der Waals surface area (Å²) in [5.41, 5.74) is 2.44. The van der Waals surface area contributed by atoms with Crippen molar-refractivity contribution in [3.05, 3.63) is 59.7 Å². The van der Waals surface area contributed by atoms with Gasteiger partial charge in [0.25, 0.3) is 5.91 Å². The Balaban J connectivity index is 1.75. The lowest BCUT2D eigenvalue weighted by Gasteiger charge is -2.19. The van der Waals surface area contributed by atoms with Crippen molar-refractivity contribution in [3.8, 4) is 5.75 Å². The molecule has 1 heterocycles. The largest absolute Gasteiger partial charge is 0.489 e. The molecule has 1 amide bonds. The third-order valence-electron chi connectivity index (χ3n) is 3.95. The van der Waals surface area contributed by atoms with Crippen LogP contribution in [0.25, 0.3) is 0 Å². The molecule has 126 valence electrons. The molecule has 3 rings (SSSR count). The maximum atomic E-state index is 12.6. The molecule has 1 atom stereocenters. The number of carbonyl (C=O) groups is 1. The molecule has 1 aliphatic heterocycles. The van der Waals surface area contributed by atoms with Crippen molar-refractivity contribution < 1.29 is 14.3 Å². The lowest BCUT2D eigenvalue weighted by molar-refractivity contribution is 0.102. The highest BCUT2D eigenvalue weighted by molar-refractivity contribution is 6.05. The Kier molecular flexibility index (Phi) is 4.58. The number of rotatable bonds is 5. The lowest BCUT2D eigenvalue weighted by Crippen LogP contribution is -2.16. The Morgan fingerprint density at radius 3 is 2.67 bits per heavy atom. The quantitative estimate of drug-likeness (QED) is 0.845. The van der Waals surface area contributed by atoms with Crippen molar-refractivity contribution in [2.24, 2.45) is 0 Å². The minimum Gasteiger partial charge on any atom is -0.489 e. The zero-order valence-electron chi connectivity index (χ0n) is 14.3. The predicted octanol–water partition coefficient (Wildman–Crippen LogP) is 4.01. The summed E-state index contributed by atoms with van der Waals surface area (Å²) < 4.78 is 10.9. The van der Waals surface area contributed by atoms with E-state index in [0.29, 0.717) is 23.6 Å². The number of nitrogens with one attached hydrogen (secondary N) is 1. The average molecular weight is 325 g/mol. The van der Waals surface area contributed by atoms with Gasteiger partial charge < -0.3 is 14.8 Å². The van der Waals surface area contributed by atoms with Crippen molar-refractivity contribution in [2.45, 2.75) is 32.3 Å². The third-order valence-corrected chi connectivity index (χ3v) is 3.95. The fourth-order valence-corrected chi connectivity index (χ4v) is 2.36. The Hall–Kier alpha value is -2.33. The number of anilines is 1. The average Bonchev–Trinajstić information content (AvgIpc) is 3.38. The van der Waals surface area contributed by atoms with Crippen LogP contribution in [0.3, 0.4) is 0 Å². The highest BCUT2D eigenvalue weighted by Gasteiger charge is 2.23. The molecule has 1 saturated heterocycles. The summed E-state index contributed by atoms with van der Waals surface area (Å²) in [4.78, 5) is 12.6. The molecule has 24 heavy (non-hydrogen) atoms. The monoisotopic (exact) mass is 325 g/mol. The summed E-state index contributed by atoms with van der Waals surface area (Å²) in [5, 5.41) is 2.94. The van der Waals surface area contributed by atoms with E-state index in [-0.39, 0.29) is 17.4 Å². The molecule has 0 bridgehead atoms. The summed E-state index contributed by atoms with van der Waals surface area (Å²) in [7, 11) is 0. The first-order valence-electron chi connectivity index (χ1n) is 8.19. The molecule has 4 heteroatoms. The molecule has 1 N–H and O–H groups in total. The molecular formula is C20H23NO3. The Morgan fingerprint density at radius 2 is 1.96 bits per heavy atom. The molecule has 4 nitrogen and oxygen atoms in total. The molecule has 1 unspecified atom stereocenters.